The Hall–Kier alpha value is -1.62. The summed E-state index contributed by atoms with van der Waals surface area (Å²) < 4.78 is 13.1. The number of rotatable bonds is 2. The molecule has 1 aromatic carbocycles. The van der Waals surface area contributed by atoms with Crippen LogP contribution in [-0.2, 0) is 0 Å². The molecule has 1 fully saturated rings. The predicted molar refractivity (Wildman–Crippen MR) is 60.0 cm³/mol. The van der Waals surface area contributed by atoms with Crippen molar-refractivity contribution >= 4 is 6.03 Å². The number of nitrogens with zero attached hydrogens (tertiary/aromatic N) is 1. The quantitative estimate of drug-likeness (QED) is 0.613. The van der Waals surface area contributed by atoms with Crippen LogP contribution in [-0.4, -0.2) is 22.3 Å². The fraction of sp³-hybridized carbons (Fsp3) is 0.417. The van der Waals surface area contributed by atoms with Gasteiger partial charge in [0, 0.05) is 0 Å². The highest BCUT2D eigenvalue weighted by Crippen LogP contribution is 2.36. The van der Waals surface area contributed by atoms with Gasteiger partial charge in [-0.2, -0.15) is 0 Å². The summed E-state index contributed by atoms with van der Waals surface area (Å²) in [6, 6.07) is 5.33. The maximum atomic E-state index is 13.1. The number of carbonyl (C=O) groups excluding carboxylic acids is 1. The van der Waals surface area contributed by atoms with Crippen LogP contribution >= 0.6 is 0 Å². The molecule has 0 unspecified atom stereocenters. The molecule has 2 atom stereocenters. The zero-order valence-electron chi connectivity index (χ0n) is 9.34. The second-order valence-electron chi connectivity index (χ2n) is 4.40. The molecule has 0 aromatic heterocycles. The van der Waals surface area contributed by atoms with Crippen LogP contribution in [0.3, 0.4) is 0 Å². The van der Waals surface area contributed by atoms with Gasteiger partial charge in [0.1, 0.15) is 5.82 Å². The normalized spacial score (nSPS) is 23.6. The Morgan fingerprint density at radius 1 is 1.47 bits per heavy atom. The predicted octanol–water partition coefficient (Wildman–Crippen LogP) is 2.23. The zero-order chi connectivity index (χ0) is 12.4. The van der Waals surface area contributed by atoms with E-state index >= 15 is 0 Å². The van der Waals surface area contributed by atoms with Gasteiger partial charge in [0.05, 0.1) is 6.04 Å². The molecule has 0 saturated heterocycles. The molecule has 4 nitrogen and oxygen atoms in total. The van der Waals surface area contributed by atoms with E-state index in [-0.39, 0.29) is 17.8 Å². The summed E-state index contributed by atoms with van der Waals surface area (Å²) in [5.41, 5.74) is 5.91. The number of hydroxylamine groups is 2. The van der Waals surface area contributed by atoms with E-state index in [2.05, 4.69) is 0 Å². The van der Waals surface area contributed by atoms with Gasteiger partial charge in [-0.05, 0) is 42.9 Å². The van der Waals surface area contributed by atoms with Crippen molar-refractivity contribution in [3.63, 3.8) is 0 Å². The van der Waals surface area contributed by atoms with Crippen LogP contribution in [0.15, 0.2) is 24.3 Å². The minimum absolute atomic E-state index is 0.171. The molecule has 3 N–H and O–H groups in total. The maximum absolute atomic E-state index is 13.1. The van der Waals surface area contributed by atoms with Gasteiger partial charge in [-0.1, -0.05) is 12.1 Å². The Kier molecular flexibility index (Phi) is 3.28. The standard InChI is InChI=1S/C12H15FN2O2/c13-10-3-1-2-8(6-10)9-4-5-11(7-9)15(17)12(14)16/h1-3,6,9,11,17H,4-5,7H2,(H2,14,16)/t9-,11-/m0/s1. The van der Waals surface area contributed by atoms with Crippen molar-refractivity contribution in [2.75, 3.05) is 0 Å². The third-order valence-electron chi connectivity index (χ3n) is 3.30. The van der Waals surface area contributed by atoms with Crippen LogP contribution in [0.25, 0.3) is 0 Å². The first kappa shape index (κ1) is 11.9. The largest absolute Gasteiger partial charge is 0.350 e. The number of urea groups is 1. The average Bonchev–Trinajstić information content (AvgIpc) is 2.77. The van der Waals surface area contributed by atoms with Gasteiger partial charge in [-0.25, -0.2) is 14.2 Å². The monoisotopic (exact) mass is 238 g/mol. The Bertz CT molecular complexity index is 425. The minimum Gasteiger partial charge on any atom is -0.350 e. The molecular formula is C12H15FN2O2. The van der Waals surface area contributed by atoms with Crippen LogP contribution in [0.1, 0.15) is 30.7 Å². The van der Waals surface area contributed by atoms with Crippen molar-refractivity contribution < 1.29 is 14.4 Å². The Morgan fingerprint density at radius 3 is 2.88 bits per heavy atom. The van der Waals surface area contributed by atoms with E-state index in [9.17, 15) is 14.4 Å². The highest BCUT2D eigenvalue weighted by atomic mass is 19.1. The third kappa shape index (κ3) is 2.55. The highest BCUT2D eigenvalue weighted by Gasteiger charge is 2.31. The molecule has 1 aliphatic rings. The summed E-state index contributed by atoms with van der Waals surface area (Å²) in [6.07, 6.45) is 2.11. The molecule has 17 heavy (non-hydrogen) atoms. The van der Waals surface area contributed by atoms with Gasteiger partial charge >= 0.3 is 6.03 Å². The second kappa shape index (κ2) is 4.71. The van der Waals surface area contributed by atoms with Crippen molar-refractivity contribution in [2.45, 2.75) is 31.2 Å². The van der Waals surface area contributed by atoms with Crippen molar-refractivity contribution in [1.29, 1.82) is 0 Å². The SMILES string of the molecule is NC(=O)N(O)[C@H]1CC[C@H](c2cccc(F)c2)C1. The molecule has 0 spiro atoms. The molecule has 2 amide bonds. The molecule has 5 heteroatoms. The van der Waals surface area contributed by atoms with E-state index < -0.39 is 6.03 Å². The average molecular weight is 238 g/mol. The van der Waals surface area contributed by atoms with Gasteiger partial charge in [-0.15, -0.1) is 0 Å². The van der Waals surface area contributed by atoms with Gasteiger partial charge in [0.2, 0.25) is 0 Å². The van der Waals surface area contributed by atoms with Crippen molar-refractivity contribution in [3.8, 4) is 0 Å². The summed E-state index contributed by atoms with van der Waals surface area (Å²) in [5.74, 6) is -0.0913. The number of primary amides is 1. The molecule has 92 valence electrons. The fourth-order valence-corrected chi connectivity index (χ4v) is 2.42. The van der Waals surface area contributed by atoms with Gasteiger partial charge in [0.15, 0.2) is 0 Å². The molecule has 1 aliphatic carbocycles. The summed E-state index contributed by atoms with van der Waals surface area (Å²) in [5, 5.41) is 10.0. The molecule has 2 rings (SSSR count). The van der Waals surface area contributed by atoms with E-state index in [1.54, 1.807) is 6.07 Å². The topological polar surface area (TPSA) is 66.6 Å². The number of halogens is 1. The maximum Gasteiger partial charge on any atom is 0.338 e. The summed E-state index contributed by atoms with van der Waals surface area (Å²) >= 11 is 0. The number of hydrogen-bond acceptors (Lipinski definition) is 2. The summed E-state index contributed by atoms with van der Waals surface area (Å²) in [4.78, 5) is 10.8. The molecule has 0 aliphatic heterocycles. The minimum atomic E-state index is -0.838. The molecule has 0 bridgehead atoms. The Morgan fingerprint density at radius 2 is 2.24 bits per heavy atom. The summed E-state index contributed by atoms with van der Waals surface area (Å²) in [7, 11) is 0. The Balaban J connectivity index is 2.05. The van der Waals surface area contributed by atoms with E-state index in [4.69, 9.17) is 5.73 Å². The summed E-state index contributed by atoms with van der Waals surface area (Å²) in [6.45, 7) is 0. The van der Waals surface area contributed by atoms with E-state index in [0.29, 0.717) is 17.9 Å². The molecule has 1 saturated carbocycles. The molecule has 1 aromatic rings. The smallest absolute Gasteiger partial charge is 0.338 e. The molecular weight excluding hydrogens is 223 g/mol. The van der Waals surface area contributed by atoms with Crippen molar-refractivity contribution in [3.05, 3.63) is 35.6 Å². The lowest BCUT2D eigenvalue weighted by Crippen LogP contribution is -2.39. The highest BCUT2D eigenvalue weighted by molar-refractivity contribution is 5.70. The van der Waals surface area contributed by atoms with E-state index in [0.717, 1.165) is 12.0 Å². The third-order valence-corrected chi connectivity index (χ3v) is 3.30. The van der Waals surface area contributed by atoms with Crippen LogP contribution in [0, 0.1) is 5.82 Å². The van der Waals surface area contributed by atoms with Crippen LogP contribution < -0.4 is 5.73 Å². The first-order valence-electron chi connectivity index (χ1n) is 5.61. The van der Waals surface area contributed by atoms with E-state index in [1.165, 1.54) is 12.1 Å². The first-order valence-corrected chi connectivity index (χ1v) is 5.61. The number of hydrogen-bond donors (Lipinski definition) is 2. The number of carbonyl (C=O) groups is 1. The zero-order valence-corrected chi connectivity index (χ0v) is 9.34. The lowest BCUT2D eigenvalue weighted by molar-refractivity contribution is -0.0730. The van der Waals surface area contributed by atoms with Gasteiger partial charge in [-0.3, -0.25) is 5.21 Å². The number of nitrogens with two attached hydrogens (primary N) is 1. The van der Waals surface area contributed by atoms with Crippen molar-refractivity contribution in [1.82, 2.24) is 5.06 Å². The first-order chi connectivity index (χ1) is 8.08. The fourth-order valence-electron chi connectivity index (χ4n) is 2.42. The number of amides is 2. The second-order valence-corrected chi connectivity index (χ2v) is 4.40. The van der Waals surface area contributed by atoms with Crippen LogP contribution in [0.4, 0.5) is 9.18 Å². The Labute approximate surface area is 98.8 Å². The lowest BCUT2D eigenvalue weighted by Gasteiger charge is -2.19. The van der Waals surface area contributed by atoms with Crippen LogP contribution in [0.2, 0.25) is 0 Å². The molecule has 0 heterocycles. The van der Waals surface area contributed by atoms with Crippen molar-refractivity contribution in [2.24, 2.45) is 5.73 Å². The van der Waals surface area contributed by atoms with E-state index in [1.807, 2.05) is 6.07 Å². The van der Waals surface area contributed by atoms with Gasteiger partial charge in [0.25, 0.3) is 0 Å². The van der Waals surface area contributed by atoms with Gasteiger partial charge < -0.3 is 5.73 Å². The number of benzene rings is 1. The molecule has 0 radical (unpaired) electrons. The van der Waals surface area contributed by atoms with Crippen LogP contribution in [0.5, 0.6) is 0 Å². The lowest BCUT2D eigenvalue weighted by atomic mass is 9.97.